The second-order valence-electron chi connectivity index (χ2n) is 8.87. The van der Waals surface area contributed by atoms with E-state index in [2.05, 4.69) is 0 Å². The average molecular weight is 495 g/mol. The molecule has 0 amide bonds. The third-order valence-corrected chi connectivity index (χ3v) is 6.91. The summed E-state index contributed by atoms with van der Waals surface area (Å²) < 4.78 is 0. The summed E-state index contributed by atoms with van der Waals surface area (Å²) in [6, 6.07) is 22.0. The molecule has 1 aliphatic carbocycles. The van der Waals surface area contributed by atoms with Crippen LogP contribution in [0.5, 0.6) is 11.5 Å². The van der Waals surface area contributed by atoms with Crippen molar-refractivity contribution in [2.75, 3.05) is 0 Å². The van der Waals surface area contributed by atoms with E-state index in [-0.39, 0.29) is 0 Å². The van der Waals surface area contributed by atoms with Crippen molar-refractivity contribution in [2.24, 2.45) is 0 Å². The Balaban J connectivity index is 1.95. The van der Waals surface area contributed by atoms with Gasteiger partial charge in [-0.25, -0.2) is 0 Å². The zero-order valence-electron chi connectivity index (χ0n) is 19.8. The maximum atomic E-state index is 11.8. The zero-order valence-corrected chi connectivity index (χ0v) is 19.8. The van der Waals surface area contributed by atoms with Gasteiger partial charge < -0.3 is 10.2 Å². The molecule has 0 aliphatic heterocycles. The summed E-state index contributed by atoms with van der Waals surface area (Å²) in [5.74, 6) is -0.956. The van der Waals surface area contributed by atoms with E-state index in [0.717, 1.165) is 27.8 Å². The van der Waals surface area contributed by atoms with Crippen molar-refractivity contribution < 1.29 is 20.1 Å². The molecule has 2 N–H and O–H groups in total. The van der Waals surface area contributed by atoms with Crippen molar-refractivity contribution in [3.63, 3.8) is 0 Å². The molecule has 5 rings (SSSR count). The Morgan fingerprint density at radius 2 is 1.32 bits per heavy atom. The first kappa shape index (κ1) is 23.7. The predicted octanol–water partition coefficient (Wildman–Crippen LogP) is 6.40. The molecular formula is C29H22N2O6. The third-order valence-electron chi connectivity index (χ3n) is 6.91. The van der Waals surface area contributed by atoms with E-state index in [4.69, 9.17) is 0 Å². The maximum Gasteiger partial charge on any atom is 0.311 e. The van der Waals surface area contributed by atoms with Crippen LogP contribution in [0.2, 0.25) is 0 Å². The van der Waals surface area contributed by atoms with Crippen molar-refractivity contribution in [2.45, 2.75) is 18.8 Å². The standard InChI is InChI=1S/C29H22N2O6/c1-2-3-6-18-9-12-22-21-7-4-5-8-23(21)29(24(22)15-18,19-10-13-27(32)25(16-19)30(34)35)20-11-14-28(33)26(17-20)31(36)37/h2-5,7-17,32-33H,6H2,1H3. The number of allylic oxidation sites excluding steroid dienone is 2. The highest BCUT2D eigenvalue weighted by molar-refractivity contribution is 5.87. The summed E-state index contributed by atoms with van der Waals surface area (Å²) in [5, 5.41) is 44.0. The van der Waals surface area contributed by atoms with Gasteiger partial charge in [-0.05, 0) is 64.4 Å². The topological polar surface area (TPSA) is 127 Å². The normalized spacial score (nSPS) is 13.3. The lowest BCUT2D eigenvalue weighted by molar-refractivity contribution is -0.386. The first-order chi connectivity index (χ1) is 17.8. The molecule has 4 aromatic rings. The number of nitro benzene ring substituents is 2. The second kappa shape index (κ2) is 8.91. The van der Waals surface area contributed by atoms with E-state index in [1.54, 1.807) is 12.1 Å². The Hall–Kier alpha value is -4.98. The van der Waals surface area contributed by atoms with Gasteiger partial charge >= 0.3 is 11.4 Å². The number of phenols is 2. The van der Waals surface area contributed by atoms with Crippen LogP contribution < -0.4 is 0 Å². The highest BCUT2D eigenvalue weighted by atomic mass is 16.6. The van der Waals surface area contributed by atoms with Crippen molar-refractivity contribution >= 4 is 11.4 Å². The first-order valence-corrected chi connectivity index (χ1v) is 11.6. The number of hydrogen-bond donors (Lipinski definition) is 2. The number of fused-ring (bicyclic) bond motifs is 3. The lowest BCUT2D eigenvalue weighted by Crippen LogP contribution is -2.29. The number of benzene rings is 4. The summed E-state index contributed by atoms with van der Waals surface area (Å²) in [6.45, 7) is 1.93. The van der Waals surface area contributed by atoms with E-state index in [9.17, 15) is 30.4 Å². The highest BCUT2D eigenvalue weighted by Crippen LogP contribution is 2.57. The Bertz CT molecular complexity index is 1540. The minimum Gasteiger partial charge on any atom is -0.502 e. The summed E-state index contributed by atoms with van der Waals surface area (Å²) in [7, 11) is 0. The number of nitrogens with zero attached hydrogens (tertiary/aromatic N) is 2. The molecule has 0 atom stereocenters. The monoisotopic (exact) mass is 494 g/mol. The SMILES string of the molecule is CC=CCc1ccc2c(c1)C(c1ccc(O)c([N+](=O)[O-])c1)(c1ccc(O)c([N+](=O)[O-])c1)c1ccccc1-2. The first-order valence-electron chi connectivity index (χ1n) is 11.6. The van der Waals surface area contributed by atoms with E-state index in [1.165, 1.54) is 24.3 Å². The van der Waals surface area contributed by atoms with Crippen LogP contribution in [-0.4, -0.2) is 20.1 Å². The Kier molecular flexibility index (Phi) is 5.72. The van der Waals surface area contributed by atoms with E-state index in [1.807, 2.05) is 61.5 Å². The van der Waals surface area contributed by atoms with Crippen molar-refractivity contribution in [3.05, 3.63) is 139 Å². The van der Waals surface area contributed by atoms with Gasteiger partial charge in [0.2, 0.25) is 0 Å². The van der Waals surface area contributed by atoms with Gasteiger partial charge in [0.05, 0.1) is 15.3 Å². The lowest BCUT2D eigenvalue weighted by Gasteiger charge is -2.33. The zero-order chi connectivity index (χ0) is 26.3. The van der Waals surface area contributed by atoms with Gasteiger partial charge in [-0.15, -0.1) is 0 Å². The van der Waals surface area contributed by atoms with Crippen LogP contribution in [0.25, 0.3) is 11.1 Å². The number of aromatic hydroxyl groups is 2. The minimum absolute atomic E-state index is 0.464. The predicted molar refractivity (Wildman–Crippen MR) is 139 cm³/mol. The van der Waals surface area contributed by atoms with E-state index >= 15 is 0 Å². The van der Waals surface area contributed by atoms with E-state index < -0.39 is 38.1 Å². The van der Waals surface area contributed by atoms with Gasteiger partial charge in [0.1, 0.15) is 0 Å². The number of nitro groups is 2. The largest absolute Gasteiger partial charge is 0.502 e. The second-order valence-corrected chi connectivity index (χ2v) is 8.87. The fourth-order valence-corrected chi connectivity index (χ4v) is 5.30. The fraction of sp³-hybridized carbons (Fsp3) is 0.103. The molecule has 0 saturated heterocycles. The van der Waals surface area contributed by atoms with Crippen molar-refractivity contribution in [3.8, 4) is 22.6 Å². The van der Waals surface area contributed by atoms with Gasteiger partial charge in [0.25, 0.3) is 0 Å². The van der Waals surface area contributed by atoms with Gasteiger partial charge in [-0.1, -0.05) is 66.7 Å². The lowest BCUT2D eigenvalue weighted by atomic mass is 9.67. The maximum absolute atomic E-state index is 11.8. The molecule has 0 unspecified atom stereocenters. The van der Waals surface area contributed by atoms with E-state index in [0.29, 0.717) is 17.5 Å². The molecule has 0 fully saturated rings. The Morgan fingerprint density at radius 1 is 0.757 bits per heavy atom. The molecule has 0 aromatic heterocycles. The van der Waals surface area contributed by atoms with Crippen LogP contribution in [0.4, 0.5) is 11.4 Å². The van der Waals surface area contributed by atoms with Gasteiger partial charge in [-0.3, -0.25) is 20.2 Å². The molecule has 4 aromatic carbocycles. The van der Waals surface area contributed by atoms with Crippen molar-refractivity contribution in [1.29, 1.82) is 0 Å². The molecule has 0 saturated carbocycles. The molecule has 8 nitrogen and oxygen atoms in total. The number of phenolic OH excluding ortho intramolecular Hbond substituents is 2. The fourth-order valence-electron chi connectivity index (χ4n) is 5.30. The minimum atomic E-state index is -1.19. The van der Waals surface area contributed by atoms with Gasteiger partial charge in [-0.2, -0.15) is 0 Å². The van der Waals surface area contributed by atoms with Gasteiger partial charge in [0, 0.05) is 12.1 Å². The molecular weight excluding hydrogens is 472 g/mol. The highest BCUT2D eigenvalue weighted by Gasteiger charge is 2.47. The summed E-state index contributed by atoms with van der Waals surface area (Å²) in [6.07, 6.45) is 4.62. The van der Waals surface area contributed by atoms with Crippen LogP contribution in [-0.2, 0) is 11.8 Å². The molecule has 0 spiro atoms. The quantitative estimate of drug-likeness (QED) is 0.160. The van der Waals surface area contributed by atoms with Crippen LogP contribution >= 0.6 is 0 Å². The smallest absolute Gasteiger partial charge is 0.311 e. The Labute approximate surface area is 212 Å². The summed E-state index contributed by atoms with van der Waals surface area (Å²) >= 11 is 0. The van der Waals surface area contributed by atoms with Crippen molar-refractivity contribution in [1.82, 2.24) is 0 Å². The molecule has 0 radical (unpaired) electrons. The van der Waals surface area contributed by atoms with Gasteiger partial charge in [0.15, 0.2) is 11.5 Å². The van der Waals surface area contributed by atoms with Crippen LogP contribution in [0.1, 0.15) is 34.7 Å². The molecule has 184 valence electrons. The molecule has 0 heterocycles. The molecule has 37 heavy (non-hydrogen) atoms. The molecule has 0 bridgehead atoms. The number of hydrogen-bond acceptors (Lipinski definition) is 6. The molecule has 1 aliphatic rings. The molecule has 8 heteroatoms. The van der Waals surface area contributed by atoms with Crippen LogP contribution in [0, 0.1) is 20.2 Å². The average Bonchev–Trinajstić information content (AvgIpc) is 3.18. The third kappa shape index (κ3) is 3.61. The summed E-state index contributed by atoms with van der Waals surface area (Å²) in [5.41, 5.74) is 3.17. The number of rotatable bonds is 6. The summed E-state index contributed by atoms with van der Waals surface area (Å²) in [4.78, 5) is 22.3. The Morgan fingerprint density at radius 3 is 1.89 bits per heavy atom. The van der Waals surface area contributed by atoms with Crippen LogP contribution in [0.15, 0.2) is 91.0 Å². The van der Waals surface area contributed by atoms with Crippen LogP contribution in [0.3, 0.4) is 0 Å².